The van der Waals surface area contributed by atoms with Crippen molar-refractivity contribution in [3.05, 3.63) is 0 Å². The van der Waals surface area contributed by atoms with Crippen LogP contribution in [0.5, 0.6) is 0 Å². The van der Waals surface area contributed by atoms with Crippen LogP contribution in [0.3, 0.4) is 0 Å². The molecule has 0 radical (unpaired) electrons. The molecule has 1 aliphatic heterocycles. The summed E-state index contributed by atoms with van der Waals surface area (Å²) in [5.74, 6) is 0. The van der Waals surface area contributed by atoms with Gasteiger partial charge in [0.15, 0.2) is 11.3 Å². The molecule has 0 saturated heterocycles. The van der Waals surface area contributed by atoms with Crippen LogP contribution in [0, 0.1) is 5.41 Å². The van der Waals surface area contributed by atoms with E-state index in [0.717, 1.165) is 0 Å². The molecule has 0 amide bonds. The number of nitrogens with zero attached hydrogens (tertiary/aromatic N) is 1. The first-order valence-electron chi connectivity index (χ1n) is 6.37. The second-order valence-electron chi connectivity index (χ2n) is 6.83. The smallest absolute Gasteiger partial charge is 0.158 e. The molecule has 88 valence electrons. The molecule has 15 heavy (non-hydrogen) atoms. The minimum Gasteiger partial charge on any atom is -0.232 e. The zero-order valence-corrected chi connectivity index (χ0v) is 11.5. The molecule has 0 aromatic heterocycles. The standard InChI is InChI=1S/C14H28N/c1-13(2,3)12-10-8-7-9-11-15(12)14(4,5)6/h7-11H2,1-6H3/q+1. The monoisotopic (exact) mass is 210 g/mol. The van der Waals surface area contributed by atoms with E-state index in [4.69, 9.17) is 0 Å². The van der Waals surface area contributed by atoms with Crippen molar-refractivity contribution in [1.29, 1.82) is 0 Å². The molecular weight excluding hydrogens is 182 g/mol. The Morgan fingerprint density at radius 2 is 1.47 bits per heavy atom. The average Bonchev–Trinajstić information content (AvgIpc) is 2.24. The molecule has 1 aliphatic rings. The molecular formula is C14H28N+. The van der Waals surface area contributed by atoms with Crippen molar-refractivity contribution in [2.75, 3.05) is 6.54 Å². The van der Waals surface area contributed by atoms with Crippen LogP contribution < -0.4 is 0 Å². The lowest BCUT2D eigenvalue weighted by Gasteiger charge is -2.26. The van der Waals surface area contributed by atoms with E-state index in [0.29, 0.717) is 5.41 Å². The lowest BCUT2D eigenvalue weighted by molar-refractivity contribution is -0.600. The summed E-state index contributed by atoms with van der Waals surface area (Å²) in [5.41, 5.74) is 2.28. The first kappa shape index (κ1) is 12.7. The third-order valence-electron chi connectivity index (χ3n) is 3.30. The summed E-state index contributed by atoms with van der Waals surface area (Å²) in [7, 11) is 0. The molecule has 0 saturated carbocycles. The lowest BCUT2D eigenvalue weighted by Crippen LogP contribution is -2.42. The third-order valence-corrected chi connectivity index (χ3v) is 3.30. The Balaban J connectivity index is 3.13. The summed E-state index contributed by atoms with van der Waals surface area (Å²) in [6.45, 7) is 15.3. The molecule has 1 heteroatoms. The Morgan fingerprint density at radius 3 is 1.93 bits per heavy atom. The maximum absolute atomic E-state index is 2.65. The van der Waals surface area contributed by atoms with Crippen LogP contribution >= 0.6 is 0 Å². The van der Waals surface area contributed by atoms with Gasteiger partial charge in [-0.25, -0.2) is 4.58 Å². The highest BCUT2D eigenvalue weighted by Crippen LogP contribution is 2.26. The fourth-order valence-electron chi connectivity index (χ4n) is 2.53. The Bertz CT molecular complexity index is 221. The van der Waals surface area contributed by atoms with Crippen molar-refractivity contribution in [2.45, 2.75) is 72.8 Å². The van der Waals surface area contributed by atoms with Crippen LogP contribution in [0.1, 0.15) is 67.2 Å². The second-order valence-corrected chi connectivity index (χ2v) is 6.83. The van der Waals surface area contributed by atoms with Crippen molar-refractivity contribution in [2.24, 2.45) is 5.41 Å². The van der Waals surface area contributed by atoms with Gasteiger partial charge in [0.05, 0.1) is 0 Å². The van der Waals surface area contributed by atoms with E-state index in [2.05, 4.69) is 46.1 Å². The van der Waals surface area contributed by atoms with Crippen LogP contribution in [0.15, 0.2) is 0 Å². The molecule has 0 atom stereocenters. The number of rotatable bonds is 0. The molecule has 0 N–H and O–H groups in total. The van der Waals surface area contributed by atoms with E-state index in [-0.39, 0.29) is 5.54 Å². The summed E-state index contributed by atoms with van der Waals surface area (Å²) >= 11 is 0. The van der Waals surface area contributed by atoms with Crippen LogP contribution in [-0.4, -0.2) is 22.4 Å². The first-order valence-corrected chi connectivity index (χ1v) is 6.37. The van der Waals surface area contributed by atoms with Gasteiger partial charge in [0.2, 0.25) is 0 Å². The fourth-order valence-corrected chi connectivity index (χ4v) is 2.53. The van der Waals surface area contributed by atoms with E-state index < -0.39 is 0 Å². The summed E-state index contributed by atoms with van der Waals surface area (Å²) in [6, 6.07) is 0. The molecule has 0 aromatic carbocycles. The Labute approximate surface area is 95.6 Å². The average molecular weight is 210 g/mol. The van der Waals surface area contributed by atoms with Gasteiger partial charge in [0.1, 0.15) is 6.54 Å². The van der Waals surface area contributed by atoms with Gasteiger partial charge in [-0.15, -0.1) is 0 Å². The van der Waals surface area contributed by atoms with Gasteiger partial charge in [-0.2, -0.15) is 0 Å². The molecule has 0 spiro atoms. The largest absolute Gasteiger partial charge is 0.232 e. The predicted molar refractivity (Wildman–Crippen MR) is 67.8 cm³/mol. The minimum absolute atomic E-state index is 0.285. The van der Waals surface area contributed by atoms with Crippen LogP contribution in [0.2, 0.25) is 0 Å². The molecule has 0 bridgehead atoms. The molecule has 0 aliphatic carbocycles. The Hall–Kier alpha value is -0.330. The minimum atomic E-state index is 0.285. The topological polar surface area (TPSA) is 3.01 Å². The highest BCUT2D eigenvalue weighted by atomic mass is 15.1. The normalized spacial score (nSPS) is 20.4. The summed E-state index contributed by atoms with van der Waals surface area (Å²) < 4.78 is 2.65. The third kappa shape index (κ3) is 3.32. The molecule has 1 heterocycles. The second kappa shape index (κ2) is 4.27. The van der Waals surface area contributed by atoms with Gasteiger partial charge in [-0.1, -0.05) is 20.8 Å². The zero-order chi connectivity index (χ0) is 11.7. The predicted octanol–water partition coefficient (Wildman–Crippen LogP) is 3.86. The maximum Gasteiger partial charge on any atom is 0.158 e. The van der Waals surface area contributed by atoms with Crippen molar-refractivity contribution >= 4 is 5.71 Å². The van der Waals surface area contributed by atoms with E-state index >= 15 is 0 Å². The summed E-state index contributed by atoms with van der Waals surface area (Å²) in [4.78, 5) is 0. The van der Waals surface area contributed by atoms with Crippen molar-refractivity contribution < 1.29 is 4.58 Å². The van der Waals surface area contributed by atoms with Gasteiger partial charge in [0, 0.05) is 18.3 Å². The van der Waals surface area contributed by atoms with Crippen LogP contribution in [0.4, 0.5) is 0 Å². The molecule has 0 aromatic rings. The van der Waals surface area contributed by atoms with Crippen molar-refractivity contribution in [1.82, 2.24) is 0 Å². The van der Waals surface area contributed by atoms with Gasteiger partial charge in [-0.05, 0) is 33.6 Å². The van der Waals surface area contributed by atoms with Gasteiger partial charge in [0.25, 0.3) is 0 Å². The quantitative estimate of drug-likeness (QED) is 0.534. The molecule has 0 fully saturated rings. The molecule has 0 unspecified atom stereocenters. The number of hydrogen-bond acceptors (Lipinski definition) is 0. The maximum atomic E-state index is 2.65. The molecule has 1 rings (SSSR count). The van der Waals surface area contributed by atoms with Gasteiger partial charge < -0.3 is 0 Å². The molecule has 1 nitrogen and oxygen atoms in total. The lowest BCUT2D eigenvalue weighted by atomic mass is 9.86. The number of hydrogen-bond donors (Lipinski definition) is 0. The summed E-state index contributed by atoms with van der Waals surface area (Å²) in [6.07, 6.45) is 5.42. The van der Waals surface area contributed by atoms with Gasteiger partial charge in [-0.3, -0.25) is 0 Å². The highest BCUT2D eigenvalue weighted by Gasteiger charge is 2.35. The van der Waals surface area contributed by atoms with Crippen LogP contribution in [0.25, 0.3) is 0 Å². The highest BCUT2D eigenvalue weighted by molar-refractivity contribution is 5.85. The fraction of sp³-hybridized carbons (Fsp3) is 0.929. The van der Waals surface area contributed by atoms with E-state index in [1.807, 2.05) is 0 Å². The Kier molecular flexibility index (Phi) is 3.63. The van der Waals surface area contributed by atoms with Crippen molar-refractivity contribution in [3.63, 3.8) is 0 Å². The van der Waals surface area contributed by atoms with Crippen molar-refractivity contribution in [3.8, 4) is 0 Å². The SMILES string of the molecule is CC(C)(C)C1=[N+](C(C)(C)C)CCCCC1. The summed E-state index contributed by atoms with van der Waals surface area (Å²) in [5, 5.41) is 0. The first-order chi connectivity index (χ1) is 6.73. The van der Waals surface area contributed by atoms with Gasteiger partial charge >= 0.3 is 0 Å². The van der Waals surface area contributed by atoms with Crippen LogP contribution in [-0.2, 0) is 0 Å². The zero-order valence-electron chi connectivity index (χ0n) is 11.5. The van der Waals surface area contributed by atoms with E-state index in [9.17, 15) is 0 Å². The van der Waals surface area contributed by atoms with E-state index in [1.54, 1.807) is 5.71 Å². The Morgan fingerprint density at radius 1 is 0.867 bits per heavy atom. The van der Waals surface area contributed by atoms with E-state index in [1.165, 1.54) is 32.2 Å².